The van der Waals surface area contributed by atoms with E-state index in [1.165, 1.54) is 11.6 Å². The summed E-state index contributed by atoms with van der Waals surface area (Å²) in [6.07, 6.45) is 11.5. The lowest BCUT2D eigenvalue weighted by Crippen LogP contribution is -2.33. The van der Waals surface area contributed by atoms with Crippen LogP contribution >= 0.6 is 0 Å². The van der Waals surface area contributed by atoms with E-state index in [0.29, 0.717) is 0 Å². The van der Waals surface area contributed by atoms with E-state index in [4.69, 9.17) is 6.42 Å². The summed E-state index contributed by atoms with van der Waals surface area (Å²) in [6, 6.07) is 10.6. The molecule has 162 valence electrons. The Morgan fingerprint density at radius 2 is 2.03 bits per heavy atom. The first-order valence-electron chi connectivity index (χ1n) is 11.1. The Morgan fingerprint density at radius 1 is 1.22 bits per heavy atom. The Hall–Kier alpha value is -3.52. The molecule has 2 fully saturated rings. The van der Waals surface area contributed by atoms with Gasteiger partial charge in [-0.3, -0.25) is 9.48 Å². The number of terminal acetylenes is 1. The Balaban J connectivity index is 1.54. The topological polar surface area (TPSA) is 41.4 Å². The van der Waals surface area contributed by atoms with E-state index in [0.717, 1.165) is 72.3 Å². The third-order valence-corrected chi connectivity index (χ3v) is 7.27. The van der Waals surface area contributed by atoms with Crippen LogP contribution in [-0.4, -0.2) is 46.8 Å². The summed E-state index contributed by atoms with van der Waals surface area (Å²) in [6.45, 7) is 9.24. The zero-order chi connectivity index (χ0) is 22.5. The first kappa shape index (κ1) is 20.4. The Morgan fingerprint density at radius 3 is 2.81 bits per heavy atom. The first-order valence-corrected chi connectivity index (χ1v) is 11.1. The van der Waals surface area contributed by atoms with Gasteiger partial charge >= 0.3 is 0 Å². The summed E-state index contributed by atoms with van der Waals surface area (Å²) in [5.41, 5.74) is 6.68. The van der Waals surface area contributed by atoms with Crippen molar-refractivity contribution in [1.29, 1.82) is 0 Å². The third-order valence-electron chi connectivity index (χ3n) is 7.27. The third kappa shape index (κ3) is 3.10. The molecule has 0 bridgehead atoms. The van der Waals surface area contributed by atoms with E-state index in [1.54, 1.807) is 0 Å². The normalized spacial score (nSPS) is 20.3. The minimum Gasteiger partial charge on any atom is -0.370 e. The standard InChI is InChI=1S/C27H28N4O/c1-5-21-22(25-19(3)10-11-20-16-28-29(4)26(20)25)8-7-9-23(21)30-14-12-27(17-30)13-15-31(18-27)24(32)6-2/h1,6-11,16H,2,12-15,17-18H2,3-4H3. The largest absolute Gasteiger partial charge is 0.370 e. The molecule has 2 aromatic carbocycles. The lowest BCUT2D eigenvalue weighted by molar-refractivity contribution is -0.125. The number of likely N-dealkylation sites (tertiary alicyclic amines) is 1. The van der Waals surface area contributed by atoms with Crippen LogP contribution in [0.2, 0.25) is 0 Å². The summed E-state index contributed by atoms with van der Waals surface area (Å²) >= 11 is 0. The highest BCUT2D eigenvalue weighted by atomic mass is 16.2. The maximum atomic E-state index is 12.1. The molecular weight excluding hydrogens is 396 g/mol. The van der Waals surface area contributed by atoms with Gasteiger partial charge in [0.05, 0.1) is 23.0 Å². The van der Waals surface area contributed by atoms with Crippen molar-refractivity contribution in [2.75, 3.05) is 31.1 Å². The maximum Gasteiger partial charge on any atom is 0.245 e. The molecule has 1 aromatic heterocycles. The van der Waals surface area contributed by atoms with E-state index in [1.807, 2.05) is 22.8 Å². The summed E-state index contributed by atoms with van der Waals surface area (Å²) in [4.78, 5) is 16.5. The van der Waals surface area contributed by atoms with Crippen molar-refractivity contribution in [3.05, 3.63) is 60.3 Å². The highest BCUT2D eigenvalue weighted by Crippen LogP contribution is 2.44. The molecule has 3 aromatic rings. The molecule has 3 heterocycles. The fourth-order valence-electron chi connectivity index (χ4n) is 5.60. The number of rotatable bonds is 3. The lowest BCUT2D eigenvalue weighted by atomic mass is 9.86. The molecular formula is C27H28N4O. The van der Waals surface area contributed by atoms with Crippen LogP contribution in [0.15, 0.2) is 49.2 Å². The van der Waals surface area contributed by atoms with Crippen LogP contribution in [0.3, 0.4) is 0 Å². The van der Waals surface area contributed by atoms with Gasteiger partial charge in [0.2, 0.25) is 5.91 Å². The molecule has 2 aliphatic rings. The number of anilines is 1. The Labute approximate surface area is 189 Å². The van der Waals surface area contributed by atoms with Gasteiger partial charge < -0.3 is 9.80 Å². The minimum absolute atomic E-state index is 0.0337. The molecule has 1 atom stereocenters. The van der Waals surface area contributed by atoms with Crippen molar-refractivity contribution < 1.29 is 4.79 Å². The van der Waals surface area contributed by atoms with Gasteiger partial charge in [-0.15, -0.1) is 6.42 Å². The van der Waals surface area contributed by atoms with Crippen molar-refractivity contribution >= 4 is 22.5 Å². The fraction of sp³-hybridized carbons (Fsp3) is 0.333. The molecule has 2 saturated heterocycles. The second-order valence-electron chi connectivity index (χ2n) is 9.19. The molecule has 0 radical (unpaired) electrons. The molecule has 1 unspecified atom stereocenters. The Bertz CT molecular complexity index is 1280. The predicted octanol–water partition coefficient (Wildman–Crippen LogP) is 4.14. The van der Waals surface area contributed by atoms with Gasteiger partial charge in [0, 0.05) is 55.2 Å². The van der Waals surface area contributed by atoms with Gasteiger partial charge in [0.25, 0.3) is 0 Å². The van der Waals surface area contributed by atoms with Gasteiger partial charge in [-0.25, -0.2) is 0 Å². The van der Waals surface area contributed by atoms with Crippen molar-refractivity contribution in [3.63, 3.8) is 0 Å². The van der Waals surface area contributed by atoms with E-state index in [-0.39, 0.29) is 11.3 Å². The molecule has 1 spiro atoms. The van der Waals surface area contributed by atoms with Crippen LogP contribution in [0.5, 0.6) is 0 Å². The number of hydrogen-bond acceptors (Lipinski definition) is 3. The quantitative estimate of drug-likeness (QED) is 0.469. The zero-order valence-corrected chi connectivity index (χ0v) is 18.8. The lowest BCUT2D eigenvalue weighted by Gasteiger charge is -2.27. The smallest absolute Gasteiger partial charge is 0.245 e. The number of hydrogen-bond donors (Lipinski definition) is 0. The van der Waals surface area contributed by atoms with E-state index in [2.05, 4.69) is 59.8 Å². The first-order chi connectivity index (χ1) is 15.5. The van der Waals surface area contributed by atoms with Crippen molar-refractivity contribution in [2.24, 2.45) is 12.5 Å². The minimum atomic E-state index is 0.0337. The van der Waals surface area contributed by atoms with E-state index < -0.39 is 0 Å². The zero-order valence-electron chi connectivity index (χ0n) is 18.8. The fourth-order valence-corrected chi connectivity index (χ4v) is 5.60. The molecule has 1 amide bonds. The molecule has 32 heavy (non-hydrogen) atoms. The molecule has 2 aliphatic heterocycles. The number of benzene rings is 2. The van der Waals surface area contributed by atoms with Crippen LogP contribution in [0.4, 0.5) is 5.69 Å². The number of aryl methyl sites for hydroxylation is 2. The van der Waals surface area contributed by atoms with Gasteiger partial charge in [0.15, 0.2) is 0 Å². The van der Waals surface area contributed by atoms with E-state index in [9.17, 15) is 4.79 Å². The summed E-state index contributed by atoms with van der Waals surface area (Å²) in [5, 5.41) is 5.58. The van der Waals surface area contributed by atoms with Gasteiger partial charge in [-0.1, -0.05) is 36.8 Å². The number of aromatic nitrogens is 2. The molecule has 0 saturated carbocycles. The van der Waals surface area contributed by atoms with Crippen LogP contribution in [0, 0.1) is 24.7 Å². The molecule has 5 nitrogen and oxygen atoms in total. The molecule has 5 heteroatoms. The van der Waals surface area contributed by atoms with Gasteiger partial charge in [0.1, 0.15) is 0 Å². The monoisotopic (exact) mass is 424 g/mol. The summed E-state index contributed by atoms with van der Waals surface area (Å²) in [5.74, 6) is 3.04. The number of carbonyl (C=O) groups is 1. The number of carbonyl (C=O) groups excluding carboxylic acids is 1. The van der Waals surface area contributed by atoms with Gasteiger partial charge in [-0.2, -0.15) is 5.10 Å². The average molecular weight is 425 g/mol. The summed E-state index contributed by atoms with van der Waals surface area (Å²) < 4.78 is 1.93. The molecule has 5 rings (SSSR count). The average Bonchev–Trinajstić information content (AvgIpc) is 3.52. The number of fused-ring (bicyclic) bond motifs is 1. The second-order valence-corrected chi connectivity index (χ2v) is 9.19. The number of nitrogens with zero attached hydrogens (tertiary/aromatic N) is 4. The van der Waals surface area contributed by atoms with Crippen molar-refractivity contribution in [3.8, 4) is 23.5 Å². The van der Waals surface area contributed by atoms with Crippen LogP contribution in [0.25, 0.3) is 22.0 Å². The molecule has 0 aliphatic carbocycles. The summed E-state index contributed by atoms with van der Waals surface area (Å²) in [7, 11) is 1.98. The van der Waals surface area contributed by atoms with Crippen molar-refractivity contribution in [1.82, 2.24) is 14.7 Å². The van der Waals surface area contributed by atoms with Gasteiger partial charge in [-0.05, 0) is 37.5 Å². The van der Waals surface area contributed by atoms with Crippen LogP contribution < -0.4 is 4.90 Å². The SMILES string of the molecule is C#Cc1c(-c2c(C)ccc3cnn(C)c23)cccc1N1CCC2(CCN(C(=O)C=C)C2)C1. The van der Waals surface area contributed by atoms with Crippen LogP contribution in [0.1, 0.15) is 24.0 Å². The van der Waals surface area contributed by atoms with Crippen molar-refractivity contribution in [2.45, 2.75) is 19.8 Å². The predicted molar refractivity (Wildman–Crippen MR) is 129 cm³/mol. The Kier molecular flexibility index (Phi) is 4.82. The second kappa shape index (κ2) is 7.56. The highest BCUT2D eigenvalue weighted by molar-refractivity contribution is 5.98. The number of amides is 1. The highest BCUT2D eigenvalue weighted by Gasteiger charge is 2.44. The maximum absolute atomic E-state index is 12.1. The molecule has 0 N–H and O–H groups in total. The van der Waals surface area contributed by atoms with Crippen LogP contribution in [-0.2, 0) is 11.8 Å². The van der Waals surface area contributed by atoms with E-state index >= 15 is 0 Å².